The van der Waals surface area contributed by atoms with Gasteiger partial charge < -0.3 is 10.6 Å². The first-order chi connectivity index (χ1) is 8.66. The molecule has 1 aromatic rings. The number of rotatable bonds is 3. The first kappa shape index (κ1) is 13.7. The van der Waals surface area contributed by atoms with Crippen molar-refractivity contribution in [2.24, 2.45) is 0 Å². The minimum Gasteiger partial charge on any atom is -0.352 e. The summed E-state index contributed by atoms with van der Waals surface area (Å²) in [4.78, 5) is 11.9. The van der Waals surface area contributed by atoms with Crippen LogP contribution in [0.2, 0.25) is 10.0 Å². The maximum absolute atomic E-state index is 11.9. The Labute approximate surface area is 117 Å². The van der Waals surface area contributed by atoms with Crippen LogP contribution in [0.25, 0.3) is 0 Å². The molecule has 0 aliphatic carbocycles. The van der Waals surface area contributed by atoms with Crippen LogP contribution in [0.4, 0.5) is 0 Å². The van der Waals surface area contributed by atoms with Gasteiger partial charge in [0, 0.05) is 22.6 Å². The SMILES string of the molecule is O=C(Cc1c(Cl)cccc1Cl)NC1CCCNC1. The summed E-state index contributed by atoms with van der Waals surface area (Å²) in [5.41, 5.74) is 0.696. The summed E-state index contributed by atoms with van der Waals surface area (Å²) >= 11 is 12.1. The van der Waals surface area contributed by atoms with Gasteiger partial charge in [0.1, 0.15) is 0 Å². The van der Waals surface area contributed by atoms with E-state index in [9.17, 15) is 4.79 Å². The summed E-state index contributed by atoms with van der Waals surface area (Å²) in [6.07, 6.45) is 2.35. The third kappa shape index (κ3) is 3.61. The van der Waals surface area contributed by atoms with Gasteiger partial charge in [-0.05, 0) is 37.1 Å². The topological polar surface area (TPSA) is 41.1 Å². The standard InChI is InChI=1S/C13H16Cl2N2O/c14-11-4-1-5-12(15)10(11)7-13(18)17-9-3-2-6-16-8-9/h1,4-5,9,16H,2-3,6-8H2,(H,17,18). The molecule has 2 N–H and O–H groups in total. The molecule has 0 radical (unpaired) electrons. The van der Waals surface area contributed by atoms with E-state index < -0.39 is 0 Å². The fraction of sp³-hybridized carbons (Fsp3) is 0.462. The zero-order valence-corrected chi connectivity index (χ0v) is 11.5. The molecule has 1 aliphatic heterocycles. The van der Waals surface area contributed by atoms with Gasteiger partial charge in [-0.3, -0.25) is 4.79 Å². The lowest BCUT2D eigenvalue weighted by atomic mass is 10.1. The molecule has 1 unspecified atom stereocenters. The molecule has 1 aromatic carbocycles. The third-order valence-corrected chi connectivity index (χ3v) is 3.77. The van der Waals surface area contributed by atoms with E-state index in [0.717, 1.165) is 25.9 Å². The normalized spacial score (nSPS) is 19.6. The number of hydrogen-bond acceptors (Lipinski definition) is 2. The monoisotopic (exact) mass is 286 g/mol. The van der Waals surface area contributed by atoms with Crippen LogP contribution in [0.3, 0.4) is 0 Å². The number of hydrogen-bond donors (Lipinski definition) is 2. The lowest BCUT2D eigenvalue weighted by molar-refractivity contribution is -0.121. The van der Waals surface area contributed by atoms with Crippen LogP contribution in [-0.2, 0) is 11.2 Å². The van der Waals surface area contributed by atoms with Crippen molar-refractivity contribution in [2.45, 2.75) is 25.3 Å². The van der Waals surface area contributed by atoms with E-state index in [4.69, 9.17) is 23.2 Å². The zero-order valence-electron chi connectivity index (χ0n) is 10.0. The number of piperidine rings is 1. The maximum atomic E-state index is 11.9. The van der Waals surface area contributed by atoms with Crippen LogP contribution in [-0.4, -0.2) is 25.0 Å². The Bertz CT molecular complexity index is 411. The van der Waals surface area contributed by atoms with E-state index in [1.54, 1.807) is 18.2 Å². The predicted molar refractivity (Wildman–Crippen MR) is 74.2 cm³/mol. The van der Waals surface area contributed by atoms with E-state index in [-0.39, 0.29) is 18.4 Å². The van der Waals surface area contributed by atoms with Gasteiger partial charge >= 0.3 is 0 Å². The van der Waals surface area contributed by atoms with E-state index >= 15 is 0 Å². The van der Waals surface area contributed by atoms with Crippen molar-refractivity contribution in [3.05, 3.63) is 33.8 Å². The van der Waals surface area contributed by atoms with Crippen molar-refractivity contribution in [1.82, 2.24) is 10.6 Å². The smallest absolute Gasteiger partial charge is 0.224 e. The van der Waals surface area contributed by atoms with Gasteiger partial charge in [-0.25, -0.2) is 0 Å². The van der Waals surface area contributed by atoms with Crippen LogP contribution in [0.15, 0.2) is 18.2 Å². The quantitative estimate of drug-likeness (QED) is 0.896. The number of carbonyl (C=O) groups excluding carboxylic acids is 1. The summed E-state index contributed by atoms with van der Waals surface area (Å²) in [6, 6.07) is 5.49. The number of benzene rings is 1. The lowest BCUT2D eigenvalue weighted by Crippen LogP contribution is -2.46. The summed E-state index contributed by atoms with van der Waals surface area (Å²) in [6.45, 7) is 1.87. The second-order valence-corrected chi connectivity index (χ2v) is 5.30. The fourth-order valence-corrected chi connectivity index (χ4v) is 2.65. The lowest BCUT2D eigenvalue weighted by Gasteiger charge is -2.24. The first-order valence-electron chi connectivity index (χ1n) is 6.10. The van der Waals surface area contributed by atoms with Crippen molar-refractivity contribution in [3.8, 4) is 0 Å². The van der Waals surface area contributed by atoms with Crippen molar-refractivity contribution in [2.75, 3.05) is 13.1 Å². The molecule has 0 saturated carbocycles. The summed E-state index contributed by atoms with van der Waals surface area (Å²) in [5.74, 6) is -0.0290. The molecule has 1 aliphatic rings. The predicted octanol–water partition coefficient (Wildman–Crippen LogP) is 2.40. The van der Waals surface area contributed by atoms with E-state index in [1.807, 2.05) is 0 Å². The minimum atomic E-state index is -0.0290. The van der Waals surface area contributed by atoms with E-state index in [1.165, 1.54) is 0 Å². The number of halogens is 2. The summed E-state index contributed by atoms with van der Waals surface area (Å²) < 4.78 is 0. The van der Waals surface area contributed by atoms with E-state index in [0.29, 0.717) is 15.6 Å². The molecule has 1 atom stereocenters. The van der Waals surface area contributed by atoms with Gasteiger partial charge in [0.05, 0.1) is 6.42 Å². The van der Waals surface area contributed by atoms with Crippen molar-refractivity contribution in [1.29, 1.82) is 0 Å². The van der Waals surface area contributed by atoms with Crippen LogP contribution in [0.5, 0.6) is 0 Å². The molecule has 1 fully saturated rings. The summed E-state index contributed by atoms with van der Waals surface area (Å²) in [7, 11) is 0. The van der Waals surface area contributed by atoms with Crippen molar-refractivity contribution in [3.63, 3.8) is 0 Å². The van der Waals surface area contributed by atoms with Crippen molar-refractivity contribution < 1.29 is 4.79 Å². The average molecular weight is 287 g/mol. The molecule has 0 spiro atoms. The molecule has 5 heteroatoms. The molecule has 1 amide bonds. The molecular formula is C13H16Cl2N2O. The van der Waals surface area contributed by atoms with Crippen LogP contribution in [0.1, 0.15) is 18.4 Å². The minimum absolute atomic E-state index is 0.0290. The number of nitrogens with one attached hydrogen (secondary N) is 2. The Morgan fingerprint density at radius 1 is 1.39 bits per heavy atom. The molecule has 0 aromatic heterocycles. The number of amides is 1. The maximum Gasteiger partial charge on any atom is 0.224 e. The molecule has 1 heterocycles. The van der Waals surface area contributed by atoms with Gasteiger partial charge in [0.25, 0.3) is 0 Å². The van der Waals surface area contributed by atoms with E-state index in [2.05, 4.69) is 10.6 Å². The first-order valence-corrected chi connectivity index (χ1v) is 6.85. The van der Waals surface area contributed by atoms with Crippen molar-refractivity contribution >= 4 is 29.1 Å². The van der Waals surface area contributed by atoms with Crippen LogP contribution in [0, 0.1) is 0 Å². The molecule has 1 saturated heterocycles. The second-order valence-electron chi connectivity index (χ2n) is 4.49. The molecule has 18 heavy (non-hydrogen) atoms. The van der Waals surface area contributed by atoms with Gasteiger partial charge in [-0.1, -0.05) is 29.3 Å². The Kier molecular flexibility index (Phi) is 4.87. The summed E-state index contributed by atoms with van der Waals surface area (Å²) in [5, 5.41) is 7.35. The average Bonchev–Trinajstić information content (AvgIpc) is 2.35. The van der Waals surface area contributed by atoms with Gasteiger partial charge in [-0.2, -0.15) is 0 Å². The second kappa shape index (κ2) is 6.41. The Hall–Kier alpha value is -0.770. The highest BCUT2D eigenvalue weighted by Gasteiger charge is 2.17. The van der Waals surface area contributed by atoms with Crippen LogP contribution >= 0.6 is 23.2 Å². The van der Waals surface area contributed by atoms with Gasteiger partial charge in [-0.15, -0.1) is 0 Å². The largest absolute Gasteiger partial charge is 0.352 e. The molecule has 2 rings (SSSR count). The molecular weight excluding hydrogens is 271 g/mol. The Morgan fingerprint density at radius 3 is 2.72 bits per heavy atom. The molecule has 3 nitrogen and oxygen atoms in total. The van der Waals surface area contributed by atoms with Gasteiger partial charge in [0.15, 0.2) is 0 Å². The van der Waals surface area contributed by atoms with Crippen LogP contribution < -0.4 is 10.6 Å². The Morgan fingerprint density at radius 2 is 2.11 bits per heavy atom. The van der Waals surface area contributed by atoms with Gasteiger partial charge in [0.2, 0.25) is 5.91 Å². The highest BCUT2D eigenvalue weighted by Crippen LogP contribution is 2.24. The Balaban J connectivity index is 1.94. The third-order valence-electron chi connectivity index (χ3n) is 3.06. The molecule has 98 valence electrons. The fourth-order valence-electron chi connectivity index (χ4n) is 2.12. The number of carbonyl (C=O) groups is 1. The highest BCUT2D eigenvalue weighted by molar-refractivity contribution is 6.36. The zero-order chi connectivity index (χ0) is 13.0. The molecule has 0 bridgehead atoms. The highest BCUT2D eigenvalue weighted by atomic mass is 35.5.